The van der Waals surface area contributed by atoms with E-state index in [2.05, 4.69) is 11.2 Å². The molecule has 0 radical (unpaired) electrons. The Labute approximate surface area is 86.8 Å². The molecule has 0 saturated carbocycles. The van der Waals surface area contributed by atoms with Gasteiger partial charge in [0.05, 0.1) is 12.4 Å². The third-order valence-electron chi connectivity index (χ3n) is 3.08. The molecule has 0 spiro atoms. The van der Waals surface area contributed by atoms with Crippen molar-refractivity contribution in [3.63, 3.8) is 0 Å². The third kappa shape index (κ3) is 1.18. The smallest absolute Gasteiger partial charge is 0.161 e. The maximum Gasteiger partial charge on any atom is 0.161 e. The molecule has 4 heteroatoms. The van der Waals surface area contributed by atoms with Crippen LogP contribution < -0.4 is 10.1 Å². The van der Waals surface area contributed by atoms with Crippen LogP contribution in [0.3, 0.4) is 0 Å². The van der Waals surface area contributed by atoms with Crippen molar-refractivity contribution in [1.82, 2.24) is 0 Å². The average molecular weight is 202 g/mol. The Balaban J connectivity index is 2.02. The maximum atomic E-state index is 10.7. The zero-order chi connectivity index (χ0) is 10.4. The Hall–Kier alpha value is -1.68. The number of nitrogens with zero attached hydrogens (tertiary/aromatic N) is 1. The predicted octanol–water partition coefficient (Wildman–Crippen LogP) is -1.36. The van der Waals surface area contributed by atoms with Gasteiger partial charge in [-0.25, -0.2) is 0 Å². The van der Waals surface area contributed by atoms with E-state index in [1.807, 2.05) is 18.2 Å². The summed E-state index contributed by atoms with van der Waals surface area (Å²) in [5, 5.41) is 15.8. The molecule has 76 valence electrons. The zero-order valence-corrected chi connectivity index (χ0v) is 8.06. The summed E-state index contributed by atoms with van der Waals surface area (Å²) in [6.45, 7) is 0. The Morgan fingerprint density at radius 3 is 3.00 bits per heavy atom. The fourth-order valence-electron chi connectivity index (χ4n) is 2.40. The van der Waals surface area contributed by atoms with Gasteiger partial charge in [-0.05, 0) is 0 Å². The van der Waals surface area contributed by atoms with Crippen LogP contribution >= 0.6 is 0 Å². The number of carbonyl (C=O) groups is 1. The summed E-state index contributed by atoms with van der Waals surface area (Å²) in [6.07, 6.45) is 1.43. The normalized spacial score (nSPS) is 27.1. The molecular formula is C11H10N2O2. The van der Waals surface area contributed by atoms with Crippen LogP contribution in [0.2, 0.25) is 0 Å². The highest BCUT2D eigenvalue weighted by molar-refractivity contribution is 6.34. The molecule has 0 amide bonds. The number of carboxylic acids is 1. The SMILES string of the molecule is O=C([O-])C1=N[NH+]2c3ccccc3CC2C1. The van der Waals surface area contributed by atoms with E-state index in [1.54, 1.807) is 0 Å². The average Bonchev–Trinajstić information content (AvgIpc) is 2.73. The minimum atomic E-state index is -1.13. The van der Waals surface area contributed by atoms with Crippen LogP contribution in [0.25, 0.3) is 0 Å². The van der Waals surface area contributed by atoms with Gasteiger partial charge in [0, 0.05) is 18.1 Å². The van der Waals surface area contributed by atoms with Gasteiger partial charge in [-0.2, -0.15) is 5.01 Å². The van der Waals surface area contributed by atoms with E-state index in [4.69, 9.17) is 0 Å². The second-order valence-electron chi connectivity index (χ2n) is 3.99. The van der Waals surface area contributed by atoms with Crippen LogP contribution in [-0.4, -0.2) is 17.7 Å². The summed E-state index contributed by atoms with van der Waals surface area (Å²) >= 11 is 0. The number of aliphatic carboxylic acids is 1. The molecule has 0 fully saturated rings. The Morgan fingerprint density at radius 2 is 2.20 bits per heavy atom. The lowest BCUT2D eigenvalue weighted by Crippen LogP contribution is -3.03. The van der Waals surface area contributed by atoms with Crippen LogP contribution in [0.5, 0.6) is 0 Å². The largest absolute Gasteiger partial charge is 0.543 e. The summed E-state index contributed by atoms with van der Waals surface area (Å²) in [6, 6.07) is 8.31. The number of carbonyl (C=O) groups excluding carboxylic acids is 1. The fourth-order valence-corrected chi connectivity index (χ4v) is 2.40. The van der Waals surface area contributed by atoms with Crippen molar-refractivity contribution in [2.75, 3.05) is 0 Å². The number of hydrogen-bond acceptors (Lipinski definition) is 3. The predicted molar refractivity (Wildman–Crippen MR) is 51.6 cm³/mol. The van der Waals surface area contributed by atoms with Gasteiger partial charge in [0.2, 0.25) is 0 Å². The summed E-state index contributed by atoms with van der Waals surface area (Å²) in [4.78, 5) is 10.7. The number of fused-ring (bicyclic) bond motifs is 3. The first-order chi connectivity index (χ1) is 7.25. The number of para-hydroxylation sites is 1. The van der Waals surface area contributed by atoms with Gasteiger partial charge in [-0.15, -0.1) is 0 Å². The highest BCUT2D eigenvalue weighted by Gasteiger charge is 2.40. The standard InChI is InChI=1S/C11H10N2O2/c14-11(15)9-6-8-5-7-3-1-2-4-10(7)13(8)12-9/h1-4,8H,5-6H2,(H,14,15). The number of rotatable bonds is 1. The molecule has 3 rings (SSSR count). The van der Waals surface area contributed by atoms with Gasteiger partial charge < -0.3 is 9.90 Å². The van der Waals surface area contributed by atoms with E-state index < -0.39 is 5.97 Å². The molecule has 0 saturated heterocycles. The molecule has 1 N–H and O–H groups in total. The van der Waals surface area contributed by atoms with Gasteiger partial charge in [-0.3, -0.25) is 0 Å². The summed E-state index contributed by atoms with van der Waals surface area (Å²) in [5.74, 6) is -1.13. The molecule has 2 heterocycles. The van der Waals surface area contributed by atoms with Gasteiger partial charge >= 0.3 is 0 Å². The van der Waals surface area contributed by atoms with E-state index in [-0.39, 0.29) is 11.8 Å². The highest BCUT2D eigenvalue weighted by atomic mass is 16.4. The first-order valence-electron chi connectivity index (χ1n) is 5.00. The van der Waals surface area contributed by atoms with Crippen molar-refractivity contribution < 1.29 is 14.9 Å². The molecule has 2 aliphatic rings. The minimum Gasteiger partial charge on any atom is -0.543 e. The van der Waals surface area contributed by atoms with Crippen LogP contribution in [0.4, 0.5) is 5.69 Å². The number of carboxylic acid groups (broad SMARTS) is 1. The minimum absolute atomic E-state index is 0.199. The molecule has 1 aromatic carbocycles. The van der Waals surface area contributed by atoms with Crippen molar-refractivity contribution in [2.24, 2.45) is 5.10 Å². The van der Waals surface area contributed by atoms with E-state index >= 15 is 0 Å². The second kappa shape index (κ2) is 2.90. The summed E-state index contributed by atoms with van der Waals surface area (Å²) in [7, 11) is 0. The van der Waals surface area contributed by atoms with E-state index in [9.17, 15) is 9.90 Å². The number of nitrogens with one attached hydrogen (secondary N) is 1. The molecule has 0 aliphatic carbocycles. The maximum absolute atomic E-state index is 10.7. The van der Waals surface area contributed by atoms with Gasteiger partial charge in [-0.1, -0.05) is 23.3 Å². The second-order valence-corrected chi connectivity index (χ2v) is 3.99. The van der Waals surface area contributed by atoms with E-state index in [1.165, 1.54) is 5.56 Å². The van der Waals surface area contributed by atoms with Crippen LogP contribution in [0.1, 0.15) is 12.0 Å². The molecule has 2 atom stereocenters. The molecule has 4 nitrogen and oxygen atoms in total. The van der Waals surface area contributed by atoms with Gasteiger partial charge in [0.15, 0.2) is 5.69 Å². The van der Waals surface area contributed by atoms with Crippen LogP contribution in [0.15, 0.2) is 29.4 Å². The zero-order valence-electron chi connectivity index (χ0n) is 8.06. The molecular weight excluding hydrogens is 192 g/mol. The molecule has 2 unspecified atom stereocenters. The van der Waals surface area contributed by atoms with Crippen molar-refractivity contribution in [3.8, 4) is 0 Å². The van der Waals surface area contributed by atoms with Crippen molar-refractivity contribution >= 4 is 17.4 Å². The summed E-state index contributed by atoms with van der Waals surface area (Å²) in [5.41, 5.74) is 2.59. The van der Waals surface area contributed by atoms with Crippen LogP contribution in [-0.2, 0) is 11.2 Å². The van der Waals surface area contributed by atoms with Crippen molar-refractivity contribution in [2.45, 2.75) is 18.9 Å². The topological polar surface area (TPSA) is 56.9 Å². The van der Waals surface area contributed by atoms with Crippen LogP contribution in [0, 0.1) is 0 Å². The van der Waals surface area contributed by atoms with Gasteiger partial charge in [0.1, 0.15) is 11.8 Å². The van der Waals surface area contributed by atoms with Crippen molar-refractivity contribution in [1.29, 1.82) is 0 Å². The molecule has 0 bridgehead atoms. The first-order valence-corrected chi connectivity index (χ1v) is 5.00. The Morgan fingerprint density at radius 1 is 1.40 bits per heavy atom. The van der Waals surface area contributed by atoms with E-state index in [0.717, 1.165) is 17.1 Å². The number of hydrogen-bond donors (Lipinski definition) is 1. The van der Waals surface area contributed by atoms with E-state index in [0.29, 0.717) is 6.42 Å². The fraction of sp³-hybridized carbons (Fsp3) is 0.273. The molecule has 15 heavy (non-hydrogen) atoms. The Kier molecular flexibility index (Phi) is 1.67. The lowest BCUT2D eigenvalue weighted by Gasteiger charge is -2.06. The summed E-state index contributed by atoms with van der Waals surface area (Å²) < 4.78 is 0. The molecule has 0 aromatic heterocycles. The highest BCUT2D eigenvalue weighted by Crippen LogP contribution is 2.22. The lowest BCUT2D eigenvalue weighted by atomic mass is 10.1. The third-order valence-corrected chi connectivity index (χ3v) is 3.08. The molecule has 1 aromatic rings. The monoisotopic (exact) mass is 202 g/mol. The quantitative estimate of drug-likeness (QED) is 0.611. The van der Waals surface area contributed by atoms with Gasteiger partial charge in [0.25, 0.3) is 0 Å². The number of quaternary nitrogens is 1. The lowest BCUT2D eigenvalue weighted by molar-refractivity contribution is -0.853. The Bertz CT molecular complexity index is 467. The number of benzene rings is 1. The van der Waals surface area contributed by atoms with Crippen molar-refractivity contribution in [3.05, 3.63) is 29.8 Å². The molecule has 2 aliphatic heterocycles. The first kappa shape index (κ1) is 8.61.